The summed E-state index contributed by atoms with van der Waals surface area (Å²) in [5.41, 5.74) is 2.33. The van der Waals surface area contributed by atoms with Crippen LogP contribution < -0.4 is 0 Å². The topological polar surface area (TPSA) is 40.5 Å². The standard InChI is InChI=1S/C13H17NO2S/c1-9-4-3-5-11(6-9)13-14(7-10(2)15)12(16)8-17-13/h3-6,10,13,15H,7-8H2,1-2H3/t10-,13-/m1/s1. The Morgan fingerprint density at radius 1 is 1.59 bits per heavy atom. The minimum Gasteiger partial charge on any atom is -0.392 e. The van der Waals surface area contributed by atoms with Crippen LogP contribution in [0.2, 0.25) is 0 Å². The number of aliphatic hydroxyl groups is 1. The van der Waals surface area contributed by atoms with Gasteiger partial charge >= 0.3 is 0 Å². The summed E-state index contributed by atoms with van der Waals surface area (Å²) in [5.74, 6) is 0.619. The third-order valence-electron chi connectivity index (χ3n) is 2.76. The molecule has 3 nitrogen and oxygen atoms in total. The van der Waals surface area contributed by atoms with E-state index in [-0.39, 0.29) is 11.3 Å². The second kappa shape index (κ2) is 5.10. The molecular weight excluding hydrogens is 234 g/mol. The van der Waals surface area contributed by atoms with Gasteiger partial charge in [-0.05, 0) is 19.4 Å². The number of hydrogen-bond acceptors (Lipinski definition) is 3. The Balaban J connectivity index is 2.22. The summed E-state index contributed by atoms with van der Waals surface area (Å²) in [6.45, 7) is 4.16. The summed E-state index contributed by atoms with van der Waals surface area (Å²) in [5, 5.41) is 9.50. The SMILES string of the molecule is Cc1cccc([C@H]2SCC(=O)N2C[C@@H](C)O)c1. The van der Waals surface area contributed by atoms with E-state index >= 15 is 0 Å². The largest absolute Gasteiger partial charge is 0.392 e. The van der Waals surface area contributed by atoms with Crippen LogP contribution in [0.1, 0.15) is 23.4 Å². The van der Waals surface area contributed by atoms with Crippen LogP contribution in [0.5, 0.6) is 0 Å². The molecule has 0 radical (unpaired) electrons. The quantitative estimate of drug-likeness (QED) is 0.892. The zero-order valence-corrected chi connectivity index (χ0v) is 10.9. The van der Waals surface area contributed by atoms with E-state index in [1.807, 2.05) is 25.1 Å². The van der Waals surface area contributed by atoms with Crippen molar-refractivity contribution in [3.05, 3.63) is 35.4 Å². The second-order valence-corrected chi connectivity index (χ2v) is 5.54. The Labute approximate surface area is 106 Å². The molecule has 1 amide bonds. The molecule has 92 valence electrons. The maximum atomic E-state index is 11.8. The molecule has 4 heteroatoms. The van der Waals surface area contributed by atoms with E-state index in [9.17, 15) is 9.90 Å². The molecule has 1 aliphatic heterocycles. The van der Waals surface area contributed by atoms with Crippen molar-refractivity contribution in [1.82, 2.24) is 4.90 Å². The van der Waals surface area contributed by atoms with Gasteiger partial charge in [0.2, 0.25) is 5.91 Å². The van der Waals surface area contributed by atoms with Crippen LogP contribution in [0, 0.1) is 6.92 Å². The van der Waals surface area contributed by atoms with Crippen molar-refractivity contribution in [2.75, 3.05) is 12.3 Å². The molecule has 2 rings (SSSR count). The smallest absolute Gasteiger partial charge is 0.233 e. The van der Waals surface area contributed by atoms with Gasteiger partial charge in [0, 0.05) is 6.54 Å². The van der Waals surface area contributed by atoms with Crippen LogP contribution in [0.3, 0.4) is 0 Å². The number of thioether (sulfide) groups is 1. The predicted octanol–water partition coefficient (Wildman–Crippen LogP) is 1.95. The molecular formula is C13H17NO2S. The first-order chi connectivity index (χ1) is 8.08. The molecule has 0 aromatic heterocycles. The van der Waals surface area contributed by atoms with Crippen molar-refractivity contribution in [3.63, 3.8) is 0 Å². The third-order valence-corrected chi connectivity index (χ3v) is 4.01. The van der Waals surface area contributed by atoms with Crippen molar-refractivity contribution < 1.29 is 9.90 Å². The minimum absolute atomic E-state index is 0.0528. The molecule has 1 heterocycles. The number of carbonyl (C=O) groups excluding carboxylic acids is 1. The average molecular weight is 251 g/mol. The lowest BCUT2D eigenvalue weighted by atomic mass is 10.1. The van der Waals surface area contributed by atoms with Gasteiger partial charge in [0.1, 0.15) is 5.37 Å². The molecule has 0 saturated carbocycles. The molecule has 1 fully saturated rings. The van der Waals surface area contributed by atoms with Crippen molar-refractivity contribution >= 4 is 17.7 Å². The Hall–Kier alpha value is -1.00. The summed E-state index contributed by atoms with van der Waals surface area (Å²) in [4.78, 5) is 13.5. The van der Waals surface area contributed by atoms with Gasteiger partial charge in [-0.2, -0.15) is 0 Å². The summed E-state index contributed by atoms with van der Waals surface area (Å²) in [6, 6.07) is 8.20. The predicted molar refractivity (Wildman–Crippen MR) is 69.8 cm³/mol. The number of hydrogen-bond donors (Lipinski definition) is 1. The summed E-state index contributed by atoms with van der Waals surface area (Å²) in [6.07, 6.45) is -0.482. The van der Waals surface area contributed by atoms with E-state index in [4.69, 9.17) is 0 Å². The molecule has 1 aromatic carbocycles. The number of carbonyl (C=O) groups is 1. The Morgan fingerprint density at radius 3 is 3.00 bits per heavy atom. The van der Waals surface area contributed by atoms with Gasteiger partial charge in [0.25, 0.3) is 0 Å². The van der Waals surface area contributed by atoms with Crippen molar-refractivity contribution in [1.29, 1.82) is 0 Å². The highest BCUT2D eigenvalue weighted by Gasteiger charge is 2.33. The van der Waals surface area contributed by atoms with Crippen LogP contribution in [0.15, 0.2) is 24.3 Å². The number of aliphatic hydroxyl groups excluding tert-OH is 1. The molecule has 1 N–H and O–H groups in total. The highest BCUT2D eigenvalue weighted by Crippen LogP contribution is 2.38. The van der Waals surface area contributed by atoms with Crippen molar-refractivity contribution in [3.8, 4) is 0 Å². The van der Waals surface area contributed by atoms with Crippen LogP contribution in [0.4, 0.5) is 0 Å². The van der Waals surface area contributed by atoms with Crippen LogP contribution in [0.25, 0.3) is 0 Å². The third kappa shape index (κ3) is 2.82. The second-order valence-electron chi connectivity index (χ2n) is 4.47. The molecule has 0 spiro atoms. The highest BCUT2D eigenvalue weighted by atomic mass is 32.2. The fourth-order valence-electron chi connectivity index (χ4n) is 2.04. The van der Waals surface area contributed by atoms with Crippen LogP contribution >= 0.6 is 11.8 Å². The molecule has 0 bridgehead atoms. The highest BCUT2D eigenvalue weighted by molar-refractivity contribution is 8.00. The Kier molecular flexibility index (Phi) is 3.74. The first-order valence-electron chi connectivity index (χ1n) is 5.73. The summed E-state index contributed by atoms with van der Waals surface area (Å²) in [7, 11) is 0. The summed E-state index contributed by atoms with van der Waals surface area (Å²) >= 11 is 1.63. The zero-order chi connectivity index (χ0) is 12.4. The van der Waals surface area contributed by atoms with Gasteiger partial charge in [0.05, 0.1) is 11.9 Å². The van der Waals surface area contributed by atoms with E-state index in [1.165, 1.54) is 5.56 Å². The maximum absolute atomic E-state index is 11.8. The fraction of sp³-hybridized carbons (Fsp3) is 0.462. The number of nitrogens with zero attached hydrogens (tertiary/aromatic N) is 1. The minimum atomic E-state index is -0.482. The molecule has 2 atom stereocenters. The van der Waals surface area contributed by atoms with Gasteiger partial charge in [-0.3, -0.25) is 4.79 Å². The lowest BCUT2D eigenvalue weighted by Gasteiger charge is -2.25. The molecule has 1 aliphatic rings. The van der Waals surface area contributed by atoms with Gasteiger partial charge in [-0.15, -0.1) is 11.8 Å². The Bertz CT molecular complexity index is 420. The number of amides is 1. The van der Waals surface area contributed by atoms with E-state index in [2.05, 4.69) is 6.07 Å². The average Bonchev–Trinajstić information content (AvgIpc) is 2.60. The van der Waals surface area contributed by atoms with Gasteiger partial charge in [-0.25, -0.2) is 0 Å². The normalized spacial score (nSPS) is 21.9. The van der Waals surface area contributed by atoms with Gasteiger partial charge < -0.3 is 10.0 Å². The van der Waals surface area contributed by atoms with E-state index in [1.54, 1.807) is 23.6 Å². The van der Waals surface area contributed by atoms with E-state index in [0.717, 1.165) is 5.56 Å². The van der Waals surface area contributed by atoms with Crippen LogP contribution in [-0.2, 0) is 4.79 Å². The van der Waals surface area contributed by atoms with Gasteiger partial charge in [-0.1, -0.05) is 29.8 Å². The number of β-amino-alcohol motifs (C(OH)–C–C–N with tert-alkyl or cyclic N) is 1. The number of benzene rings is 1. The maximum Gasteiger partial charge on any atom is 0.233 e. The lowest BCUT2D eigenvalue weighted by Crippen LogP contribution is -2.34. The number of aryl methyl sites for hydroxylation is 1. The van der Waals surface area contributed by atoms with E-state index < -0.39 is 6.10 Å². The zero-order valence-electron chi connectivity index (χ0n) is 10.1. The monoisotopic (exact) mass is 251 g/mol. The van der Waals surface area contributed by atoms with Crippen molar-refractivity contribution in [2.45, 2.75) is 25.3 Å². The Morgan fingerprint density at radius 2 is 2.35 bits per heavy atom. The first-order valence-corrected chi connectivity index (χ1v) is 6.78. The van der Waals surface area contributed by atoms with Gasteiger partial charge in [0.15, 0.2) is 0 Å². The van der Waals surface area contributed by atoms with E-state index in [0.29, 0.717) is 12.3 Å². The fourth-order valence-corrected chi connectivity index (χ4v) is 3.22. The molecule has 0 aliphatic carbocycles. The molecule has 1 aromatic rings. The molecule has 1 saturated heterocycles. The molecule has 17 heavy (non-hydrogen) atoms. The van der Waals surface area contributed by atoms with Crippen molar-refractivity contribution in [2.24, 2.45) is 0 Å². The summed E-state index contributed by atoms with van der Waals surface area (Å²) < 4.78 is 0. The first kappa shape index (κ1) is 12.5. The number of rotatable bonds is 3. The van der Waals surface area contributed by atoms with Crippen LogP contribution in [-0.4, -0.2) is 34.3 Å². The lowest BCUT2D eigenvalue weighted by molar-refractivity contribution is -0.129. The molecule has 0 unspecified atom stereocenters.